The van der Waals surface area contributed by atoms with E-state index < -0.39 is 23.9 Å². The molecule has 0 spiro atoms. The van der Waals surface area contributed by atoms with E-state index in [2.05, 4.69) is 17.0 Å². The Morgan fingerprint density at radius 2 is 1.64 bits per heavy atom. The van der Waals surface area contributed by atoms with Crippen LogP contribution in [-0.4, -0.2) is 65.2 Å². The molecule has 1 amide bonds. The minimum atomic E-state index is -0.946. The van der Waals surface area contributed by atoms with Gasteiger partial charge in [-0.2, -0.15) is 0 Å². The van der Waals surface area contributed by atoms with E-state index in [-0.39, 0.29) is 12.0 Å². The normalized spacial score (nSPS) is 31.4. The number of ether oxygens (including phenoxy) is 1. The third-order valence-corrected chi connectivity index (χ3v) is 5.40. The number of nitrogens with zero attached hydrogens (tertiary/aromatic N) is 2. The van der Waals surface area contributed by atoms with Crippen LogP contribution in [0.25, 0.3) is 0 Å². The second-order valence-corrected chi connectivity index (χ2v) is 6.93. The summed E-state index contributed by atoms with van der Waals surface area (Å²) >= 11 is 0. The highest BCUT2D eigenvalue weighted by atomic mass is 16.5. The Kier molecular flexibility index (Phi) is 4.31. The highest BCUT2D eigenvalue weighted by molar-refractivity contribution is 5.87. The predicted molar refractivity (Wildman–Crippen MR) is 90.7 cm³/mol. The van der Waals surface area contributed by atoms with Crippen molar-refractivity contribution in [3.05, 3.63) is 48.0 Å². The molecule has 3 heterocycles. The van der Waals surface area contributed by atoms with E-state index >= 15 is 0 Å². The Labute approximate surface area is 146 Å². The first kappa shape index (κ1) is 16.3. The van der Waals surface area contributed by atoms with Crippen LogP contribution in [0.5, 0.6) is 0 Å². The zero-order valence-electron chi connectivity index (χ0n) is 14.0. The molecule has 2 fully saturated rings. The van der Waals surface area contributed by atoms with Gasteiger partial charge in [0, 0.05) is 32.7 Å². The van der Waals surface area contributed by atoms with Gasteiger partial charge in [0.2, 0.25) is 5.91 Å². The molecule has 0 radical (unpaired) electrons. The highest BCUT2D eigenvalue weighted by Gasteiger charge is 2.54. The summed E-state index contributed by atoms with van der Waals surface area (Å²) in [6.45, 7) is 3.75. The summed E-state index contributed by atoms with van der Waals surface area (Å²) in [5, 5.41) is 9.47. The molecule has 0 unspecified atom stereocenters. The number of aliphatic carboxylic acids is 1. The second kappa shape index (κ2) is 6.61. The third-order valence-electron chi connectivity index (χ3n) is 5.40. The van der Waals surface area contributed by atoms with Crippen molar-refractivity contribution < 1.29 is 19.4 Å². The standard InChI is InChI=1S/C19H22N2O4/c22-18(16-14-6-7-15(25-14)17(16)19(23)24)21-10-8-20(9-11-21)12-13-4-2-1-3-5-13/h1-7,14-17H,8-12H2,(H,23,24)/t14-,15+,16+,17-/m1/s1. The number of rotatable bonds is 4. The van der Waals surface area contributed by atoms with Gasteiger partial charge in [-0.25, -0.2) is 0 Å². The molecule has 3 aliphatic heterocycles. The minimum absolute atomic E-state index is 0.0800. The molecule has 0 saturated carbocycles. The first-order chi connectivity index (χ1) is 12.1. The summed E-state index contributed by atoms with van der Waals surface area (Å²) in [5.41, 5.74) is 1.26. The third kappa shape index (κ3) is 3.07. The molecule has 2 saturated heterocycles. The van der Waals surface area contributed by atoms with Crippen molar-refractivity contribution in [1.82, 2.24) is 9.80 Å². The molecule has 6 heteroatoms. The van der Waals surface area contributed by atoms with Crippen LogP contribution in [0.15, 0.2) is 42.5 Å². The number of hydrogen-bond donors (Lipinski definition) is 1. The molecule has 4 atom stereocenters. The lowest BCUT2D eigenvalue weighted by molar-refractivity contribution is -0.150. The lowest BCUT2D eigenvalue weighted by atomic mass is 9.82. The van der Waals surface area contributed by atoms with E-state index in [1.807, 2.05) is 24.3 Å². The van der Waals surface area contributed by atoms with Gasteiger partial charge in [0.25, 0.3) is 0 Å². The molecule has 2 bridgehead atoms. The SMILES string of the molecule is O=C(O)[C@H]1[C@@H](C(=O)N2CCN(Cc3ccccc3)CC2)[C@H]2C=C[C@@H]1O2. The quantitative estimate of drug-likeness (QED) is 0.826. The molecule has 132 valence electrons. The summed E-state index contributed by atoms with van der Waals surface area (Å²) in [6, 6.07) is 10.3. The molecule has 6 nitrogen and oxygen atoms in total. The molecule has 1 aromatic carbocycles. The largest absolute Gasteiger partial charge is 0.481 e. The fourth-order valence-corrected chi connectivity index (χ4v) is 4.08. The van der Waals surface area contributed by atoms with E-state index in [1.165, 1.54) is 5.56 Å². The van der Waals surface area contributed by atoms with Crippen molar-refractivity contribution in [1.29, 1.82) is 0 Å². The lowest BCUT2D eigenvalue weighted by Gasteiger charge is -2.37. The number of hydrogen-bond acceptors (Lipinski definition) is 4. The zero-order valence-corrected chi connectivity index (χ0v) is 14.0. The molecule has 0 aliphatic carbocycles. The van der Waals surface area contributed by atoms with Crippen molar-refractivity contribution >= 4 is 11.9 Å². The predicted octanol–water partition coefficient (Wildman–Crippen LogP) is 0.985. The van der Waals surface area contributed by atoms with Crippen molar-refractivity contribution in [2.45, 2.75) is 18.8 Å². The summed E-state index contributed by atoms with van der Waals surface area (Å²) in [6.07, 6.45) is 2.75. The van der Waals surface area contributed by atoms with Crippen LogP contribution in [0.4, 0.5) is 0 Å². The zero-order chi connectivity index (χ0) is 17.4. The molecule has 3 aliphatic rings. The van der Waals surface area contributed by atoms with Gasteiger partial charge in [0.05, 0.1) is 18.1 Å². The Hall–Kier alpha value is -2.18. The fraction of sp³-hybridized carbons (Fsp3) is 0.474. The summed E-state index contributed by atoms with van der Waals surface area (Å²) in [7, 11) is 0. The number of amides is 1. The molecular formula is C19H22N2O4. The van der Waals surface area contributed by atoms with Gasteiger partial charge in [-0.05, 0) is 5.56 Å². The van der Waals surface area contributed by atoms with Crippen molar-refractivity contribution in [2.75, 3.05) is 26.2 Å². The summed E-state index contributed by atoms with van der Waals surface area (Å²) in [4.78, 5) is 28.6. The smallest absolute Gasteiger partial charge is 0.310 e. The lowest BCUT2D eigenvalue weighted by Crippen LogP contribution is -2.52. The number of carbonyl (C=O) groups excluding carboxylic acids is 1. The molecule has 1 aromatic rings. The topological polar surface area (TPSA) is 70.1 Å². The fourth-order valence-electron chi connectivity index (χ4n) is 4.08. The maximum Gasteiger partial charge on any atom is 0.310 e. The van der Waals surface area contributed by atoms with Gasteiger partial charge >= 0.3 is 5.97 Å². The number of fused-ring (bicyclic) bond motifs is 2. The Morgan fingerprint density at radius 3 is 2.28 bits per heavy atom. The van der Waals surface area contributed by atoms with Crippen LogP contribution >= 0.6 is 0 Å². The molecular weight excluding hydrogens is 320 g/mol. The van der Waals surface area contributed by atoms with Crippen molar-refractivity contribution in [3.63, 3.8) is 0 Å². The van der Waals surface area contributed by atoms with E-state index in [0.29, 0.717) is 13.1 Å². The number of carboxylic acids is 1. The van der Waals surface area contributed by atoms with Crippen LogP contribution in [0.1, 0.15) is 5.56 Å². The Bertz CT molecular complexity index is 682. The van der Waals surface area contributed by atoms with Gasteiger partial charge in [-0.15, -0.1) is 0 Å². The van der Waals surface area contributed by atoms with Gasteiger partial charge < -0.3 is 14.7 Å². The maximum atomic E-state index is 12.9. The van der Waals surface area contributed by atoms with Gasteiger partial charge in [-0.3, -0.25) is 14.5 Å². The van der Waals surface area contributed by atoms with E-state index in [9.17, 15) is 14.7 Å². The first-order valence-corrected chi connectivity index (χ1v) is 8.75. The maximum absolute atomic E-state index is 12.9. The van der Waals surface area contributed by atoms with Gasteiger partial charge in [-0.1, -0.05) is 42.5 Å². The molecule has 25 heavy (non-hydrogen) atoms. The number of benzene rings is 1. The van der Waals surface area contributed by atoms with Crippen LogP contribution < -0.4 is 0 Å². The number of carbonyl (C=O) groups is 2. The van der Waals surface area contributed by atoms with Crippen molar-refractivity contribution in [2.24, 2.45) is 11.8 Å². The van der Waals surface area contributed by atoms with Crippen LogP contribution in [-0.2, 0) is 20.9 Å². The minimum Gasteiger partial charge on any atom is -0.481 e. The number of carboxylic acid groups (broad SMARTS) is 1. The Balaban J connectivity index is 1.37. The average Bonchev–Trinajstić information content (AvgIpc) is 3.24. The monoisotopic (exact) mass is 342 g/mol. The van der Waals surface area contributed by atoms with Crippen molar-refractivity contribution in [3.8, 4) is 0 Å². The highest BCUT2D eigenvalue weighted by Crippen LogP contribution is 2.40. The summed E-state index contributed by atoms with van der Waals surface area (Å²) in [5.74, 6) is -2.38. The Morgan fingerprint density at radius 1 is 1.00 bits per heavy atom. The van der Waals surface area contributed by atoms with Crippen LogP contribution in [0.3, 0.4) is 0 Å². The van der Waals surface area contributed by atoms with Gasteiger partial charge in [0.1, 0.15) is 5.92 Å². The summed E-state index contributed by atoms with van der Waals surface area (Å²) < 4.78 is 5.62. The molecule has 0 aromatic heterocycles. The second-order valence-electron chi connectivity index (χ2n) is 6.93. The molecule has 1 N–H and O–H groups in total. The first-order valence-electron chi connectivity index (χ1n) is 8.75. The average molecular weight is 342 g/mol. The van der Waals surface area contributed by atoms with Crippen LogP contribution in [0, 0.1) is 11.8 Å². The number of piperazine rings is 1. The van der Waals surface area contributed by atoms with Crippen LogP contribution in [0.2, 0.25) is 0 Å². The van der Waals surface area contributed by atoms with E-state index in [4.69, 9.17) is 4.74 Å². The van der Waals surface area contributed by atoms with Gasteiger partial charge in [0.15, 0.2) is 0 Å². The molecule has 4 rings (SSSR count). The van der Waals surface area contributed by atoms with E-state index in [0.717, 1.165) is 19.6 Å². The van der Waals surface area contributed by atoms with E-state index in [1.54, 1.807) is 11.0 Å².